The molecule has 3 rings (SSSR count). The summed E-state index contributed by atoms with van der Waals surface area (Å²) in [6.45, 7) is 6.91. The number of rotatable bonds is 5. The van der Waals surface area contributed by atoms with Crippen LogP contribution in [-0.2, 0) is 29.5 Å². The molecule has 27 heavy (non-hydrogen) atoms. The van der Waals surface area contributed by atoms with Gasteiger partial charge in [0.15, 0.2) is 12.3 Å². The third-order valence-corrected chi connectivity index (χ3v) is 4.97. The lowest BCUT2D eigenvalue weighted by atomic mass is 10.0. The summed E-state index contributed by atoms with van der Waals surface area (Å²) in [7, 11) is 1.81. The van der Waals surface area contributed by atoms with Crippen LogP contribution >= 0.6 is 0 Å². The fourth-order valence-corrected chi connectivity index (χ4v) is 3.28. The van der Waals surface area contributed by atoms with Gasteiger partial charge in [-0.2, -0.15) is 5.10 Å². The molecule has 2 heterocycles. The molecule has 0 N–H and O–H groups in total. The van der Waals surface area contributed by atoms with Crippen LogP contribution in [0.25, 0.3) is 0 Å². The van der Waals surface area contributed by atoms with Crippen LogP contribution in [0.5, 0.6) is 5.75 Å². The number of carbonyl (C=O) groups is 2. The van der Waals surface area contributed by atoms with Gasteiger partial charge in [-0.05, 0) is 38.0 Å². The zero-order chi connectivity index (χ0) is 19.6. The van der Waals surface area contributed by atoms with Gasteiger partial charge in [0, 0.05) is 31.3 Å². The average Bonchev–Trinajstić information content (AvgIpc) is 2.99. The molecule has 0 aliphatic carbocycles. The van der Waals surface area contributed by atoms with Gasteiger partial charge in [0.2, 0.25) is 0 Å². The van der Waals surface area contributed by atoms with E-state index in [9.17, 15) is 9.59 Å². The Morgan fingerprint density at radius 3 is 2.78 bits per heavy atom. The largest absolute Gasteiger partial charge is 0.483 e. The summed E-state index contributed by atoms with van der Waals surface area (Å²) in [6, 6.07) is 5.79. The molecule has 0 atom stereocenters. The first-order valence-electron chi connectivity index (χ1n) is 9.11. The van der Waals surface area contributed by atoms with Crippen LogP contribution in [0.15, 0.2) is 18.2 Å². The molecule has 1 aromatic carbocycles. The SMILES string of the molecule is CCOC(=O)c1nn(C)c2c1CN(C(=O)COc1cccc(C)c1C)CC2. The smallest absolute Gasteiger partial charge is 0.359 e. The second-order valence-electron chi connectivity index (χ2n) is 6.67. The van der Waals surface area contributed by atoms with Crippen molar-refractivity contribution in [1.29, 1.82) is 0 Å². The number of hydrogen-bond donors (Lipinski definition) is 0. The van der Waals surface area contributed by atoms with E-state index in [2.05, 4.69) is 5.10 Å². The minimum atomic E-state index is -0.449. The topological polar surface area (TPSA) is 73.7 Å². The van der Waals surface area contributed by atoms with E-state index in [4.69, 9.17) is 9.47 Å². The van der Waals surface area contributed by atoms with Crippen LogP contribution in [0.3, 0.4) is 0 Å². The summed E-state index contributed by atoms with van der Waals surface area (Å²) in [4.78, 5) is 26.5. The van der Waals surface area contributed by atoms with Gasteiger partial charge in [-0.1, -0.05) is 12.1 Å². The predicted molar refractivity (Wildman–Crippen MR) is 99.7 cm³/mol. The van der Waals surface area contributed by atoms with Gasteiger partial charge in [-0.15, -0.1) is 0 Å². The molecule has 2 aromatic rings. The Morgan fingerprint density at radius 1 is 1.26 bits per heavy atom. The van der Waals surface area contributed by atoms with Crippen molar-refractivity contribution in [2.45, 2.75) is 33.7 Å². The molecule has 0 unspecified atom stereocenters. The maximum atomic E-state index is 12.6. The maximum Gasteiger partial charge on any atom is 0.359 e. The van der Waals surface area contributed by atoms with Crippen molar-refractivity contribution in [3.05, 3.63) is 46.3 Å². The van der Waals surface area contributed by atoms with Gasteiger partial charge in [-0.3, -0.25) is 9.48 Å². The van der Waals surface area contributed by atoms with Gasteiger partial charge in [0.25, 0.3) is 5.91 Å². The molecule has 0 fully saturated rings. The number of hydrogen-bond acceptors (Lipinski definition) is 5. The molecule has 7 heteroatoms. The highest BCUT2D eigenvalue weighted by molar-refractivity contribution is 5.89. The molecule has 1 amide bonds. The molecule has 0 radical (unpaired) electrons. The lowest BCUT2D eigenvalue weighted by Crippen LogP contribution is -2.39. The molecule has 7 nitrogen and oxygen atoms in total. The number of nitrogens with zero attached hydrogens (tertiary/aromatic N) is 3. The molecular formula is C20H25N3O4. The highest BCUT2D eigenvalue weighted by atomic mass is 16.5. The quantitative estimate of drug-likeness (QED) is 0.753. The number of ether oxygens (including phenoxy) is 2. The Kier molecular flexibility index (Phi) is 5.48. The third-order valence-electron chi connectivity index (χ3n) is 4.97. The average molecular weight is 371 g/mol. The molecule has 0 bridgehead atoms. The van der Waals surface area contributed by atoms with E-state index in [0.717, 1.165) is 28.1 Å². The van der Waals surface area contributed by atoms with Crippen molar-refractivity contribution in [3.8, 4) is 5.75 Å². The summed E-state index contributed by atoms with van der Waals surface area (Å²) in [6.07, 6.45) is 0.646. The number of esters is 1. The summed E-state index contributed by atoms with van der Waals surface area (Å²) >= 11 is 0. The summed E-state index contributed by atoms with van der Waals surface area (Å²) in [5, 5.41) is 4.29. The molecule has 144 valence electrons. The zero-order valence-electron chi connectivity index (χ0n) is 16.2. The second-order valence-corrected chi connectivity index (χ2v) is 6.67. The van der Waals surface area contributed by atoms with E-state index in [-0.39, 0.29) is 19.1 Å². The molecule has 1 aromatic heterocycles. The number of aryl methyl sites for hydroxylation is 2. The Labute approximate surface area is 158 Å². The van der Waals surface area contributed by atoms with Gasteiger partial charge in [0.1, 0.15) is 5.75 Å². The Morgan fingerprint density at radius 2 is 2.04 bits per heavy atom. The van der Waals surface area contributed by atoms with Crippen molar-refractivity contribution in [1.82, 2.24) is 14.7 Å². The molecule has 1 aliphatic heterocycles. The number of aromatic nitrogens is 2. The van der Waals surface area contributed by atoms with Crippen molar-refractivity contribution >= 4 is 11.9 Å². The summed E-state index contributed by atoms with van der Waals surface area (Å²) < 4.78 is 12.5. The monoisotopic (exact) mass is 371 g/mol. The van der Waals surface area contributed by atoms with Crippen LogP contribution in [0.4, 0.5) is 0 Å². The van der Waals surface area contributed by atoms with E-state index in [1.807, 2.05) is 39.1 Å². The van der Waals surface area contributed by atoms with E-state index < -0.39 is 5.97 Å². The lowest BCUT2D eigenvalue weighted by Gasteiger charge is -2.27. The number of benzene rings is 1. The highest BCUT2D eigenvalue weighted by Gasteiger charge is 2.30. The van der Waals surface area contributed by atoms with E-state index in [1.165, 1.54) is 0 Å². The van der Waals surface area contributed by atoms with Gasteiger partial charge in [0.05, 0.1) is 13.2 Å². The van der Waals surface area contributed by atoms with Crippen LogP contribution in [-0.4, -0.2) is 46.3 Å². The summed E-state index contributed by atoms with van der Waals surface area (Å²) in [5.41, 5.74) is 4.18. The van der Waals surface area contributed by atoms with E-state index in [1.54, 1.807) is 16.5 Å². The normalized spacial score (nSPS) is 13.3. The van der Waals surface area contributed by atoms with Crippen LogP contribution in [0.1, 0.15) is 39.8 Å². The van der Waals surface area contributed by atoms with Crippen molar-refractivity contribution in [2.75, 3.05) is 19.8 Å². The van der Waals surface area contributed by atoms with Crippen LogP contribution < -0.4 is 4.74 Å². The second kappa shape index (κ2) is 7.82. The predicted octanol–water partition coefficient (Wildman–Crippen LogP) is 2.18. The van der Waals surface area contributed by atoms with Crippen molar-refractivity contribution < 1.29 is 19.1 Å². The van der Waals surface area contributed by atoms with Gasteiger partial charge < -0.3 is 14.4 Å². The molecule has 1 aliphatic rings. The minimum absolute atomic E-state index is 0.0331. The van der Waals surface area contributed by atoms with Gasteiger partial charge in [-0.25, -0.2) is 4.79 Å². The highest BCUT2D eigenvalue weighted by Crippen LogP contribution is 2.24. The number of carbonyl (C=O) groups excluding carboxylic acids is 2. The molecule has 0 spiro atoms. The summed E-state index contributed by atoms with van der Waals surface area (Å²) in [5.74, 6) is 0.158. The Hall–Kier alpha value is -2.83. The number of fused-ring (bicyclic) bond motifs is 1. The zero-order valence-corrected chi connectivity index (χ0v) is 16.2. The Balaban J connectivity index is 1.70. The standard InChI is InChI=1S/C20H25N3O4/c1-5-26-20(25)19-15-11-23(10-9-16(15)22(4)21-19)18(24)12-27-17-8-6-7-13(2)14(17)3/h6-8H,5,9-12H2,1-4H3. The van der Waals surface area contributed by atoms with Crippen LogP contribution in [0, 0.1) is 13.8 Å². The molecule has 0 saturated carbocycles. The van der Waals surface area contributed by atoms with Crippen molar-refractivity contribution in [2.24, 2.45) is 7.05 Å². The van der Waals surface area contributed by atoms with Crippen molar-refractivity contribution in [3.63, 3.8) is 0 Å². The van der Waals surface area contributed by atoms with E-state index >= 15 is 0 Å². The third kappa shape index (κ3) is 3.82. The van der Waals surface area contributed by atoms with E-state index in [0.29, 0.717) is 25.2 Å². The number of amides is 1. The molecular weight excluding hydrogens is 346 g/mol. The first-order chi connectivity index (χ1) is 12.9. The minimum Gasteiger partial charge on any atom is -0.483 e. The fourth-order valence-electron chi connectivity index (χ4n) is 3.28. The Bertz CT molecular complexity index is 872. The van der Waals surface area contributed by atoms with Crippen LogP contribution in [0.2, 0.25) is 0 Å². The van der Waals surface area contributed by atoms with Gasteiger partial charge >= 0.3 is 5.97 Å². The molecule has 0 saturated heterocycles. The fraction of sp³-hybridized carbons (Fsp3) is 0.450. The maximum absolute atomic E-state index is 12.6. The first kappa shape index (κ1) is 18.9. The first-order valence-corrected chi connectivity index (χ1v) is 9.11. The lowest BCUT2D eigenvalue weighted by molar-refractivity contribution is -0.134.